The van der Waals surface area contributed by atoms with Crippen molar-refractivity contribution in [3.8, 4) is 0 Å². The van der Waals surface area contributed by atoms with Gasteiger partial charge in [-0.1, -0.05) is 35.5 Å². The first kappa shape index (κ1) is 23.9. The van der Waals surface area contributed by atoms with Crippen LogP contribution in [-0.2, 0) is 27.2 Å². The monoisotopic (exact) mass is 445 g/mol. The predicted molar refractivity (Wildman–Crippen MR) is 111 cm³/mol. The Hall–Kier alpha value is -1.34. The van der Waals surface area contributed by atoms with Gasteiger partial charge in [-0.3, -0.25) is 9.13 Å². The first-order valence-electron chi connectivity index (χ1n) is 9.62. The Bertz CT molecular complexity index is 854. The fourth-order valence-corrected chi connectivity index (χ4v) is 6.96. The van der Waals surface area contributed by atoms with Gasteiger partial charge in [0.2, 0.25) is 0 Å². The summed E-state index contributed by atoms with van der Waals surface area (Å²) < 4.78 is 51.0. The van der Waals surface area contributed by atoms with Crippen LogP contribution in [0.4, 0.5) is 0 Å². The van der Waals surface area contributed by atoms with Crippen LogP contribution in [0.25, 0.3) is 0 Å². The van der Waals surface area contributed by atoms with Crippen molar-refractivity contribution in [3.05, 3.63) is 41.6 Å². The summed E-state index contributed by atoms with van der Waals surface area (Å²) in [4.78, 5) is 0. The van der Waals surface area contributed by atoms with Gasteiger partial charge in [0.05, 0.1) is 32.1 Å². The molecule has 162 valence electrons. The largest absolute Gasteiger partial charge is 0.381 e. The van der Waals surface area contributed by atoms with E-state index in [0.717, 1.165) is 0 Å². The van der Waals surface area contributed by atoms with E-state index in [0.29, 0.717) is 11.3 Å². The molecule has 0 spiro atoms. The van der Waals surface area contributed by atoms with E-state index in [-0.39, 0.29) is 31.9 Å². The van der Waals surface area contributed by atoms with Crippen molar-refractivity contribution in [2.75, 3.05) is 26.4 Å². The highest BCUT2D eigenvalue weighted by Crippen LogP contribution is 2.62. The lowest BCUT2D eigenvalue weighted by Crippen LogP contribution is -2.28. The lowest BCUT2D eigenvalue weighted by atomic mass is 10.2. The van der Waals surface area contributed by atoms with Gasteiger partial charge in [-0.15, -0.1) is 5.10 Å². The molecule has 0 bridgehead atoms. The van der Waals surface area contributed by atoms with Crippen LogP contribution in [0.15, 0.2) is 30.3 Å². The topological polar surface area (TPSA) is 102 Å². The fraction of sp³-hybridized carbons (Fsp3) is 0.556. The van der Waals surface area contributed by atoms with Gasteiger partial charge in [-0.05, 0) is 40.2 Å². The standard InChI is InChI=1S/C18H29N3O6P2/c1-6-24-28(22,25-7-2)17-15(5)19-20-21(17)18(16-13-11-10-12-14-16)29(23,26-8-3)27-9-4/h10-14,18H,6-9H2,1-5H3. The first-order chi connectivity index (χ1) is 13.9. The second-order valence-electron chi connectivity index (χ2n) is 5.94. The Morgan fingerprint density at radius 2 is 1.41 bits per heavy atom. The van der Waals surface area contributed by atoms with E-state index in [1.165, 1.54) is 4.68 Å². The molecule has 2 aromatic rings. The summed E-state index contributed by atoms with van der Waals surface area (Å²) in [6, 6.07) is 9.01. The number of hydrogen-bond donors (Lipinski definition) is 0. The highest BCUT2D eigenvalue weighted by molar-refractivity contribution is 7.62. The van der Waals surface area contributed by atoms with E-state index in [4.69, 9.17) is 18.1 Å². The Labute approximate surface area is 171 Å². The predicted octanol–water partition coefficient (Wildman–Crippen LogP) is 4.29. The normalized spacial score (nSPS) is 13.6. The Morgan fingerprint density at radius 3 is 1.90 bits per heavy atom. The zero-order chi connectivity index (χ0) is 21.5. The molecule has 0 saturated carbocycles. The van der Waals surface area contributed by atoms with Crippen LogP contribution in [0.5, 0.6) is 0 Å². The van der Waals surface area contributed by atoms with Crippen LogP contribution in [0.2, 0.25) is 0 Å². The number of aromatic nitrogens is 3. The van der Waals surface area contributed by atoms with Crippen molar-refractivity contribution in [3.63, 3.8) is 0 Å². The van der Waals surface area contributed by atoms with E-state index >= 15 is 0 Å². The van der Waals surface area contributed by atoms with E-state index in [1.54, 1.807) is 58.9 Å². The highest BCUT2D eigenvalue weighted by atomic mass is 31.2. The number of rotatable bonds is 12. The summed E-state index contributed by atoms with van der Waals surface area (Å²) in [5, 5.41) is 8.23. The van der Waals surface area contributed by atoms with Crippen LogP contribution >= 0.6 is 15.2 Å². The Kier molecular flexibility index (Phi) is 8.76. The maximum Gasteiger partial charge on any atom is 0.381 e. The third-order valence-corrected chi connectivity index (χ3v) is 8.53. The molecule has 0 amide bonds. The maximum absolute atomic E-state index is 13.8. The minimum atomic E-state index is -3.78. The second-order valence-corrected chi connectivity index (χ2v) is 9.96. The van der Waals surface area contributed by atoms with Gasteiger partial charge >= 0.3 is 15.2 Å². The van der Waals surface area contributed by atoms with Crippen molar-refractivity contribution in [2.45, 2.75) is 40.4 Å². The lowest BCUT2D eigenvalue weighted by molar-refractivity contribution is 0.206. The summed E-state index contributed by atoms with van der Waals surface area (Å²) in [5.41, 5.74) is 1.11. The van der Waals surface area contributed by atoms with Crippen molar-refractivity contribution >= 4 is 20.6 Å². The summed E-state index contributed by atoms with van der Waals surface area (Å²) >= 11 is 0. The van der Waals surface area contributed by atoms with Gasteiger partial charge in [0.15, 0.2) is 11.2 Å². The highest BCUT2D eigenvalue weighted by Gasteiger charge is 2.45. The van der Waals surface area contributed by atoms with Crippen molar-refractivity contribution in [1.29, 1.82) is 0 Å². The molecule has 0 radical (unpaired) electrons. The van der Waals surface area contributed by atoms with E-state index in [9.17, 15) is 9.13 Å². The van der Waals surface area contributed by atoms with Crippen LogP contribution in [0.1, 0.15) is 44.7 Å². The fourth-order valence-electron chi connectivity index (χ4n) is 2.98. The smallest absolute Gasteiger partial charge is 0.307 e. The minimum absolute atomic E-state index is 0.134. The van der Waals surface area contributed by atoms with E-state index < -0.39 is 21.0 Å². The van der Waals surface area contributed by atoms with Gasteiger partial charge in [0.25, 0.3) is 0 Å². The summed E-state index contributed by atoms with van der Waals surface area (Å²) in [6.07, 6.45) is 0. The molecule has 11 heteroatoms. The molecule has 1 unspecified atom stereocenters. The molecule has 0 aliphatic carbocycles. The number of aryl methyl sites for hydroxylation is 1. The zero-order valence-electron chi connectivity index (χ0n) is 17.5. The molecule has 0 saturated heterocycles. The van der Waals surface area contributed by atoms with Crippen LogP contribution in [-0.4, -0.2) is 41.4 Å². The molecular formula is C18H29N3O6P2. The van der Waals surface area contributed by atoms with Crippen LogP contribution in [0.3, 0.4) is 0 Å². The van der Waals surface area contributed by atoms with Gasteiger partial charge in [-0.2, -0.15) is 0 Å². The summed E-state index contributed by atoms with van der Waals surface area (Å²) in [7, 11) is -7.54. The van der Waals surface area contributed by atoms with Crippen LogP contribution < -0.4 is 5.44 Å². The van der Waals surface area contributed by atoms with Crippen molar-refractivity contribution in [2.24, 2.45) is 0 Å². The quantitative estimate of drug-likeness (QED) is 0.446. The van der Waals surface area contributed by atoms with Crippen LogP contribution in [0, 0.1) is 6.92 Å². The Morgan fingerprint density at radius 1 is 0.897 bits per heavy atom. The maximum atomic E-state index is 13.8. The molecule has 0 fully saturated rings. The molecule has 1 heterocycles. The molecule has 9 nitrogen and oxygen atoms in total. The number of benzene rings is 1. The summed E-state index contributed by atoms with van der Waals surface area (Å²) in [5.74, 6) is -1.01. The average Bonchev–Trinajstić information content (AvgIpc) is 3.05. The van der Waals surface area contributed by atoms with Gasteiger partial charge in [0.1, 0.15) is 0 Å². The molecule has 1 aromatic heterocycles. The van der Waals surface area contributed by atoms with Gasteiger partial charge in [0, 0.05) is 0 Å². The van der Waals surface area contributed by atoms with Gasteiger partial charge < -0.3 is 18.1 Å². The van der Waals surface area contributed by atoms with E-state index in [1.807, 2.05) is 6.07 Å². The molecule has 29 heavy (non-hydrogen) atoms. The number of nitrogens with zero attached hydrogens (tertiary/aromatic N) is 3. The third-order valence-electron chi connectivity index (χ3n) is 3.94. The van der Waals surface area contributed by atoms with Crippen molar-refractivity contribution in [1.82, 2.24) is 15.0 Å². The first-order valence-corrected chi connectivity index (χ1v) is 12.8. The molecule has 0 aliphatic heterocycles. The third kappa shape index (κ3) is 5.23. The zero-order valence-corrected chi connectivity index (χ0v) is 19.3. The van der Waals surface area contributed by atoms with Crippen molar-refractivity contribution < 1.29 is 27.2 Å². The van der Waals surface area contributed by atoms with Gasteiger partial charge in [-0.25, -0.2) is 4.68 Å². The summed E-state index contributed by atoms with van der Waals surface area (Å²) in [6.45, 7) is 9.19. The molecule has 1 atom stereocenters. The SMILES string of the molecule is CCOP(=O)(OCC)c1c(C)nnn1C(c1ccccc1)P(=O)(OCC)OCC. The van der Waals surface area contributed by atoms with E-state index in [2.05, 4.69) is 10.3 Å². The molecule has 0 N–H and O–H groups in total. The second kappa shape index (κ2) is 10.6. The molecule has 0 aliphatic rings. The minimum Gasteiger partial charge on any atom is -0.307 e. The lowest BCUT2D eigenvalue weighted by Gasteiger charge is -2.28. The number of hydrogen-bond acceptors (Lipinski definition) is 8. The average molecular weight is 445 g/mol. The molecular weight excluding hydrogens is 416 g/mol. The molecule has 2 rings (SSSR count). The molecule has 1 aromatic carbocycles. The Balaban J connectivity index is 2.77.